The molecule has 148 valence electrons. The summed E-state index contributed by atoms with van der Waals surface area (Å²) in [6, 6.07) is 15.9. The predicted octanol–water partition coefficient (Wildman–Crippen LogP) is 3.58. The quantitative estimate of drug-likeness (QED) is 0.571. The van der Waals surface area contributed by atoms with Gasteiger partial charge < -0.3 is 10.4 Å². The molecular formula is C20H15FN2O5S. The lowest BCUT2D eigenvalue weighted by molar-refractivity contribution is 0.0696. The van der Waals surface area contributed by atoms with Crippen molar-refractivity contribution in [3.8, 4) is 0 Å². The van der Waals surface area contributed by atoms with Gasteiger partial charge in [0.2, 0.25) is 0 Å². The van der Waals surface area contributed by atoms with E-state index >= 15 is 0 Å². The first-order chi connectivity index (χ1) is 13.8. The third-order valence-corrected chi connectivity index (χ3v) is 5.27. The van der Waals surface area contributed by atoms with Gasteiger partial charge in [0.1, 0.15) is 5.82 Å². The van der Waals surface area contributed by atoms with Crippen LogP contribution >= 0.6 is 0 Å². The van der Waals surface area contributed by atoms with Crippen LogP contribution in [0.25, 0.3) is 0 Å². The molecule has 1 amide bonds. The molecule has 0 fully saturated rings. The van der Waals surface area contributed by atoms with Crippen LogP contribution < -0.4 is 10.0 Å². The van der Waals surface area contributed by atoms with Crippen molar-refractivity contribution in [1.29, 1.82) is 0 Å². The second-order valence-electron chi connectivity index (χ2n) is 5.95. The fraction of sp³-hybridized carbons (Fsp3) is 0. The number of carbonyl (C=O) groups is 2. The van der Waals surface area contributed by atoms with Gasteiger partial charge in [0.05, 0.1) is 21.7 Å². The Morgan fingerprint density at radius 1 is 0.897 bits per heavy atom. The highest BCUT2D eigenvalue weighted by atomic mass is 32.2. The van der Waals surface area contributed by atoms with Gasteiger partial charge in [-0.2, -0.15) is 0 Å². The van der Waals surface area contributed by atoms with Crippen LogP contribution in [0.4, 0.5) is 15.8 Å². The zero-order valence-corrected chi connectivity index (χ0v) is 15.6. The molecular weight excluding hydrogens is 399 g/mol. The van der Waals surface area contributed by atoms with Gasteiger partial charge in [-0.15, -0.1) is 0 Å². The second kappa shape index (κ2) is 8.11. The van der Waals surface area contributed by atoms with Gasteiger partial charge in [-0.25, -0.2) is 17.6 Å². The van der Waals surface area contributed by atoms with E-state index in [1.807, 2.05) is 0 Å². The summed E-state index contributed by atoms with van der Waals surface area (Å²) in [5.74, 6) is -2.32. The van der Waals surface area contributed by atoms with Crippen molar-refractivity contribution in [3.05, 3.63) is 89.7 Å². The number of hydrogen-bond acceptors (Lipinski definition) is 4. The molecule has 7 nitrogen and oxygen atoms in total. The van der Waals surface area contributed by atoms with Gasteiger partial charge in [0.25, 0.3) is 15.9 Å². The number of carbonyl (C=O) groups excluding carboxylic acids is 1. The van der Waals surface area contributed by atoms with Crippen LogP contribution in [0.1, 0.15) is 20.7 Å². The maximum atomic E-state index is 13.0. The zero-order chi connectivity index (χ0) is 21.0. The largest absolute Gasteiger partial charge is 0.478 e. The lowest BCUT2D eigenvalue weighted by Crippen LogP contribution is -2.19. The number of sulfonamides is 1. The van der Waals surface area contributed by atoms with Crippen molar-refractivity contribution in [1.82, 2.24) is 0 Å². The Morgan fingerprint density at radius 3 is 2.28 bits per heavy atom. The van der Waals surface area contributed by atoms with E-state index in [1.165, 1.54) is 54.6 Å². The van der Waals surface area contributed by atoms with Crippen molar-refractivity contribution in [2.75, 3.05) is 10.0 Å². The summed E-state index contributed by atoms with van der Waals surface area (Å²) in [7, 11) is -4.15. The molecule has 0 saturated heterocycles. The fourth-order valence-electron chi connectivity index (χ4n) is 2.50. The SMILES string of the molecule is O=C(O)c1cccc(S(=O)(=O)Nc2ccccc2C(=O)Nc2ccc(F)cc2)c1. The van der Waals surface area contributed by atoms with Crippen molar-refractivity contribution in [3.63, 3.8) is 0 Å². The molecule has 0 aliphatic carbocycles. The number of amides is 1. The summed E-state index contributed by atoms with van der Waals surface area (Å²) in [6.07, 6.45) is 0. The molecule has 0 bridgehead atoms. The van der Waals surface area contributed by atoms with E-state index in [9.17, 15) is 22.4 Å². The number of benzene rings is 3. The van der Waals surface area contributed by atoms with E-state index in [-0.39, 0.29) is 21.7 Å². The second-order valence-corrected chi connectivity index (χ2v) is 7.63. The molecule has 0 aromatic heterocycles. The van der Waals surface area contributed by atoms with Crippen LogP contribution in [0.3, 0.4) is 0 Å². The van der Waals surface area contributed by atoms with Gasteiger partial charge in [-0.05, 0) is 54.6 Å². The van der Waals surface area contributed by atoms with Crippen LogP contribution in [0, 0.1) is 5.82 Å². The van der Waals surface area contributed by atoms with Gasteiger partial charge in [-0.3, -0.25) is 9.52 Å². The van der Waals surface area contributed by atoms with E-state index in [0.29, 0.717) is 5.69 Å². The molecule has 3 aromatic carbocycles. The van der Waals surface area contributed by atoms with Crippen molar-refractivity contribution in [2.24, 2.45) is 0 Å². The van der Waals surface area contributed by atoms with Crippen molar-refractivity contribution >= 4 is 33.3 Å². The third kappa shape index (κ3) is 4.77. The van der Waals surface area contributed by atoms with Crippen LogP contribution in [0.2, 0.25) is 0 Å². The fourth-order valence-corrected chi connectivity index (χ4v) is 3.63. The summed E-state index contributed by atoms with van der Waals surface area (Å²) in [6.45, 7) is 0. The third-order valence-electron chi connectivity index (χ3n) is 3.91. The predicted molar refractivity (Wildman–Crippen MR) is 105 cm³/mol. The molecule has 0 aliphatic heterocycles. The van der Waals surface area contributed by atoms with Gasteiger partial charge in [0, 0.05) is 5.69 Å². The lowest BCUT2D eigenvalue weighted by Gasteiger charge is -2.13. The van der Waals surface area contributed by atoms with Gasteiger partial charge in [0.15, 0.2) is 0 Å². The summed E-state index contributed by atoms with van der Waals surface area (Å²) >= 11 is 0. The normalized spacial score (nSPS) is 10.9. The number of carboxylic acid groups (broad SMARTS) is 1. The number of carboxylic acids is 1. The number of rotatable bonds is 6. The number of para-hydroxylation sites is 1. The standard InChI is InChI=1S/C20H15FN2O5S/c21-14-8-10-15(11-9-14)22-19(24)17-6-1-2-7-18(17)23-29(27,28)16-5-3-4-13(12-16)20(25)26/h1-12,23H,(H,22,24)(H,25,26). The van der Waals surface area contributed by atoms with E-state index < -0.39 is 27.7 Å². The van der Waals surface area contributed by atoms with Crippen LogP contribution in [0.15, 0.2) is 77.7 Å². The first-order valence-corrected chi connectivity index (χ1v) is 9.77. The molecule has 3 rings (SSSR count). The molecule has 0 saturated carbocycles. The average Bonchev–Trinajstić information content (AvgIpc) is 2.70. The maximum Gasteiger partial charge on any atom is 0.335 e. The zero-order valence-electron chi connectivity index (χ0n) is 14.8. The van der Waals surface area contributed by atoms with Crippen LogP contribution in [-0.2, 0) is 10.0 Å². The van der Waals surface area contributed by atoms with E-state index in [0.717, 1.165) is 6.07 Å². The number of hydrogen-bond donors (Lipinski definition) is 3. The minimum absolute atomic E-state index is 0.00726. The molecule has 0 heterocycles. The Morgan fingerprint density at radius 2 is 1.59 bits per heavy atom. The smallest absolute Gasteiger partial charge is 0.335 e. The van der Waals surface area contributed by atoms with E-state index in [1.54, 1.807) is 12.1 Å². The number of aromatic carboxylic acids is 1. The Kier molecular flexibility index (Phi) is 5.60. The molecule has 9 heteroatoms. The molecule has 0 atom stereocenters. The van der Waals surface area contributed by atoms with Crippen LogP contribution in [-0.4, -0.2) is 25.4 Å². The van der Waals surface area contributed by atoms with Gasteiger partial charge >= 0.3 is 5.97 Å². The number of halogens is 1. The highest BCUT2D eigenvalue weighted by molar-refractivity contribution is 7.92. The lowest BCUT2D eigenvalue weighted by atomic mass is 10.1. The first kappa shape index (κ1) is 20.0. The Bertz CT molecular complexity index is 1180. The Balaban J connectivity index is 1.88. The summed E-state index contributed by atoms with van der Waals surface area (Å²) in [4.78, 5) is 23.4. The van der Waals surface area contributed by atoms with Gasteiger partial charge in [-0.1, -0.05) is 18.2 Å². The summed E-state index contributed by atoms with van der Waals surface area (Å²) < 4.78 is 40.7. The van der Waals surface area contributed by atoms with E-state index in [2.05, 4.69) is 10.0 Å². The van der Waals surface area contributed by atoms with E-state index in [4.69, 9.17) is 5.11 Å². The molecule has 0 aliphatic rings. The molecule has 0 spiro atoms. The van der Waals surface area contributed by atoms with Crippen molar-refractivity contribution < 1.29 is 27.5 Å². The monoisotopic (exact) mass is 414 g/mol. The van der Waals surface area contributed by atoms with Crippen LogP contribution in [0.5, 0.6) is 0 Å². The molecule has 29 heavy (non-hydrogen) atoms. The highest BCUT2D eigenvalue weighted by Crippen LogP contribution is 2.22. The highest BCUT2D eigenvalue weighted by Gasteiger charge is 2.20. The maximum absolute atomic E-state index is 13.0. The Hall–Kier alpha value is -3.72. The minimum Gasteiger partial charge on any atom is -0.478 e. The molecule has 0 radical (unpaired) electrons. The Labute approximate surface area is 165 Å². The minimum atomic E-state index is -4.15. The molecule has 0 unspecified atom stereocenters. The number of nitrogens with one attached hydrogen (secondary N) is 2. The average molecular weight is 414 g/mol. The topological polar surface area (TPSA) is 113 Å². The number of anilines is 2. The first-order valence-electron chi connectivity index (χ1n) is 8.28. The molecule has 3 N–H and O–H groups in total. The summed E-state index contributed by atoms with van der Waals surface area (Å²) in [5.41, 5.74) is 0.195. The molecule has 3 aromatic rings. The van der Waals surface area contributed by atoms with Crippen molar-refractivity contribution in [2.45, 2.75) is 4.90 Å². The summed E-state index contributed by atoms with van der Waals surface area (Å²) in [5, 5.41) is 11.6.